The third-order valence-corrected chi connectivity index (χ3v) is 4.97. The number of pyridine rings is 1. The molecule has 0 saturated carbocycles. The van der Waals surface area contributed by atoms with Crippen molar-refractivity contribution in [1.82, 2.24) is 9.61 Å². The molecule has 1 unspecified atom stereocenters. The third-order valence-electron chi connectivity index (χ3n) is 4.42. The molecule has 0 aliphatic carbocycles. The molecule has 0 saturated heterocycles. The molecule has 0 aliphatic rings. The van der Waals surface area contributed by atoms with E-state index in [1.165, 1.54) is 11.1 Å². The first-order valence-electron chi connectivity index (χ1n) is 8.02. The molecule has 0 amide bonds. The van der Waals surface area contributed by atoms with E-state index in [-0.39, 0.29) is 0 Å². The molecule has 0 spiro atoms. The molecule has 120 valence electrons. The summed E-state index contributed by atoms with van der Waals surface area (Å²) in [5.74, 6) is 0.485. The Labute approximate surface area is 147 Å². The zero-order valence-electron chi connectivity index (χ0n) is 13.6. The lowest BCUT2D eigenvalue weighted by atomic mass is 9.96. The van der Waals surface area contributed by atoms with Gasteiger partial charge < -0.3 is 0 Å². The van der Waals surface area contributed by atoms with Crippen LogP contribution in [0.3, 0.4) is 0 Å². The predicted octanol–water partition coefficient (Wildman–Crippen LogP) is 6.38. The van der Waals surface area contributed by atoms with E-state index in [1.54, 1.807) is 6.07 Å². The molecule has 3 aromatic rings. The zero-order chi connectivity index (χ0) is 16.6. The van der Waals surface area contributed by atoms with Crippen LogP contribution in [0.15, 0.2) is 36.4 Å². The van der Waals surface area contributed by atoms with Crippen LogP contribution in [0, 0.1) is 0 Å². The minimum absolute atomic E-state index is 0.485. The van der Waals surface area contributed by atoms with Gasteiger partial charge in [-0.05, 0) is 49.1 Å². The molecule has 2 heterocycles. The number of halogens is 2. The minimum Gasteiger partial charge on any atom is -0.232 e. The average molecular weight is 347 g/mol. The highest BCUT2D eigenvalue weighted by atomic mass is 35.5. The van der Waals surface area contributed by atoms with E-state index in [0.717, 1.165) is 29.8 Å². The first-order valence-corrected chi connectivity index (χ1v) is 8.78. The van der Waals surface area contributed by atoms with Crippen LogP contribution in [-0.2, 0) is 6.42 Å². The lowest BCUT2D eigenvalue weighted by Gasteiger charge is -2.10. The maximum atomic E-state index is 6.41. The van der Waals surface area contributed by atoms with Gasteiger partial charge in [-0.15, -0.1) is 0 Å². The number of hydrogen-bond donors (Lipinski definition) is 0. The summed E-state index contributed by atoms with van der Waals surface area (Å²) in [5, 5.41) is 6.15. The van der Waals surface area contributed by atoms with Crippen molar-refractivity contribution in [1.29, 1.82) is 0 Å². The smallest absolute Gasteiger partial charge is 0.0740 e. The minimum atomic E-state index is 0.485. The van der Waals surface area contributed by atoms with Gasteiger partial charge in [0.2, 0.25) is 0 Å². The number of benzene rings is 1. The molecule has 0 N–H and O–H groups in total. The van der Waals surface area contributed by atoms with Crippen molar-refractivity contribution in [3.05, 3.63) is 57.7 Å². The van der Waals surface area contributed by atoms with Gasteiger partial charge in [0.25, 0.3) is 0 Å². The van der Waals surface area contributed by atoms with Gasteiger partial charge in [0.15, 0.2) is 0 Å². The summed E-state index contributed by atoms with van der Waals surface area (Å²) >= 11 is 12.4. The standard InChI is InChI=1S/C19H20Cl2N2/c1-4-12(3)19-16(5-2)22-23-17(7-6-8-18(19)23)14-10-9-13(20)11-15(14)21/h6-12H,4-5H2,1-3H3. The monoisotopic (exact) mass is 346 g/mol. The first-order chi connectivity index (χ1) is 11.1. The van der Waals surface area contributed by atoms with Crippen molar-refractivity contribution in [2.75, 3.05) is 0 Å². The van der Waals surface area contributed by atoms with Gasteiger partial charge in [0.05, 0.1) is 21.9 Å². The molecule has 0 fully saturated rings. The fourth-order valence-corrected chi connectivity index (χ4v) is 3.54. The summed E-state index contributed by atoms with van der Waals surface area (Å²) in [7, 11) is 0. The topological polar surface area (TPSA) is 17.3 Å². The number of fused-ring (bicyclic) bond motifs is 1. The van der Waals surface area contributed by atoms with E-state index >= 15 is 0 Å². The van der Waals surface area contributed by atoms with Gasteiger partial charge in [-0.3, -0.25) is 0 Å². The van der Waals surface area contributed by atoms with Gasteiger partial charge >= 0.3 is 0 Å². The highest BCUT2D eigenvalue weighted by Crippen LogP contribution is 2.34. The van der Waals surface area contributed by atoms with E-state index < -0.39 is 0 Å². The predicted molar refractivity (Wildman–Crippen MR) is 98.7 cm³/mol. The van der Waals surface area contributed by atoms with Crippen LogP contribution in [0.2, 0.25) is 10.0 Å². The molecule has 0 aliphatic heterocycles. The maximum Gasteiger partial charge on any atom is 0.0740 e. The zero-order valence-corrected chi connectivity index (χ0v) is 15.1. The van der Waals surface area contributed by atoms with E-state index in [2.05, 4.69) is 39.0 Å². The van der Waals surface area contributed by atoms with E-state index in [1.807, 2.05) is 16.6 Å². The highest BCUT2D eigenvalue weighted by Gasteiger charge is 2.18. The molecule has 1 atom stereocenters. The second-order valence-corrected chi connectivity index (χ2v) is 6.70. The van der Waals surface area contributed by atoms with Gasteiger partial charge in [-0.25, -0.2) is 4.52 Å². The Morgan fingerprint density at radius 2 is 1.91 bits per heavy atom. The summed E-state index contributed by atoms with van der Waals surface area (Å²) in [4.78, 5) is 0. The molecule has 3 rings (SSSR count). The number of aryl methyl sites for hydroxylation is 1. The van der Waals surface area contributed by atoms with Crippen LogP contribution in [0.5, 0.6) is 0 Å². The van der Waals surface area contributed by atoms with Gasteiger partial charge in [0.1, 0.15) is 0 Å². The van der Waals surface area contributed by atoms with Crippen LogP contribution in [-0.4, -0.2) is 9.61 Å². The van der Waals surface area contributed by atoms with E-state index in [0.29, 0.717) is 16.0 Å². The van der Waals surface area contributed by atoms with Crippen LogP contribution < -0.4 is 0 Å². The van der Waals surface area contributed by atoms with E-state index in [9.17, 15) is 0 Å². The van der Waals surface area contributed by atoms with Crippen molar-refractivity contribution < 1.29 is 0 Å². The molecule has 4 heteroatoms. The Balaban J connectivity index is 2.29. The highest BCUT2D eigenvalue weighted by molar-refractivity contribution is 6.36. The molecule has 0 radical (unpaired) electrons. The first kappa shape index (κ1) is 16.4. The quantitative estimate of drug-likeness (QED) is 0.535. The lowest BCUT2D eigenvalue weighted by Crippen LogP contribution is -1.95. The summed E-state index contributed by atoms with van der Waals surface area (Å²) in [5.41, 5.74) is 5.62. The van der Waals surface area contributed by atoms with Crippen LogP contribution >= 0.6 is 23.2 Å². The molecule has 0 bridgehead atoms. The normalized spacial score (nSPS) is 12.7. The average Bonchev–Trinajstić information content (AvgIpc) is 2.93. The second-order valence-electron chi connectivity index (χ2n) is 5.86. The lowest BCUT2D eigenvalue weighted by molar-refractivity contribution is 0.727. The Morgan fingerprint density at radius 1 is 1.13 bits per heavy atom. The maximum absolute atomic E-state index is 6.41. The Morgan fingerprint density at radius 3 is 2.57 bits per heavy atom. The number of hydrogen-bond acceptors (Lipinski definition) is 1. The number of nitrogens with zero attached hydrogens (tertiary/aromatic N) is 2. The molecule has 2 aromatic heterocycles. The van der Waals surface area contributed by atoms with Crippen LogP contribution in [0.25, 0.3) is 16.8 Å². The summed E-state index contributed by atoms with van der Waals surface area (Å²) in [6.07, 6.45) is 2.02. The van der Waals surface area contributed by atoms with Crippen molar-refractivity contribution in [3.8, 4) is 11.3 Å². The Hall–Kier alpha value is -1.51. The third kappa shape index (κ3) is 2.86. The molecular formula is C19H20Cl2N2. The van der Waals surface area contributed by atoms with E-state index in [4.69, 9.17) is 28.3 Å². The summed E-state index contributed by atoms with van der Waals surface area (Å²) in [6, 6.07) is 11.9. The van der Waals surface area contributed by atoms with Crippen molar-refractivity contribution in [3.63, 3.8) is 0 Å². The Bertz CT molecular complexity index is 852. The fraction of sp³-hybridized carbons (Fsp3) is 0.316. The van der Waals surface area contributed by atoms with Gasteiger partial charge in [-0.1, -0.05) is 50.0 Å². The van der Waals surface area contributed by atoms with Crippen molar-refractivity contribution >= 4 is 28.7 Å². The Kier molecular flexibility index (Phi) is 4.65. The van der Waals surface area contributed by atoms with Crippen molar-refractivity contribution in [2.45, 2.75) is 39.5 Å². The fourth-order valence-electron chi connectivity index (χ4n) is 3.04. The number of rotatable bonds is 4. The van der Waals surface area contributed by atoms with Crippen LogP contribution in [0.4, 0.5) is 0 Å². The van der Waals surface area contributed by atoms with Crippen LogP contribution in [0.1, 0.15) is 44.4 Å². The SMILES string of the molecule is CCc1nn2c(-c3ccc(Cl)cc3Cl)cccc2c1C(C)CC. The molecule has 1 aromatic carbocycles. The number of aromatic nitrogens is 2. The van der Waals surface area contributed by atoms with Crippen molar-refractivity contribution in [2.24, 2.45) is 0 Å². The summed E-state index contributed by atoms with van der Waals surface area (Å²) < 4.78 is 2.02. The van der Waals surface area contributed by atoms with Gasteiger partial charge in [-0.2, -0.15) is 5.10 Å². The molecule has 2 nitrogen and oxygen atoms in total. The summed E-state index contributed by atoms with van der Waals surface area (Å²) in [6.45, 7) is 6.63. The largest absolute Gasteiger partial charge is 0.232 e. The van der Waals surface area contributed by atoms with Gasteiger partial charge in [0, 0.05) is 16.1 Å². The second kappa shape index (κ2) is 6.54. The molecular weight excluding hydrogens is 327 g/mol. The molecule has 23 heavy (non-hydrogen) atoms.